The first-order valence-electron chi connectivity index (χ1n) is 3.27. The molecule has 0 fully saturated rings. The number of aliphatic hydroxyl groups excluding tert-OH is 1. The molecule has 1 N–H and O–H groups in total. The van der Waals surface area contributed by atoms with Gasteiger partial charge in [-0.05, 0) is 13.3 Å². The second-order valence-electron chi connectivity index (χ2n) is 2.36. The lowest BCUT2D eigenvalue weighted by atomic mass is 9.99. The topological polar surface area (TPSA) is 37.3 Å². The fourth-order valence-corrected chi connectivity index (χ4v) is 0.969. The van der Waals surface area contributed by atoms with Crippen LogP contribution in [0.5, 0.6) is 0 Å². The molecule has 0 saturated heterocycles. The highest BCUT2D eigenvalue weighted by molar-refractivity contribution is 5.94. The maximum Gasteiger partial charge on any atom is 0.158 e. The molecule has 1 atom stereocenters. The fourth-order valence-electron chi connectivity index (χ4n) is 0.969. The molecule has 2 nitrogen and oxygen atoms in total. The number of hydrogen-bond acceptors (Lipinski definition) is 2. The van der Waals surface area contributed by atoms with Crippen molar-refractivity contribution in [1.82, 2.24) is 0 Å². The van der Waals surface area contributed by atoms with Crippen LogP contribution in [-0.4, -0.2) is 17.0 Å². The van der Waals surface area contributed by atoms with Crippen molar-refractivity contribution in [3.8, 4) is 0 Å². The van der Waals surface area contributed by atoms with E-state index in [1.54, 1.807) is 12.2 Å². The van der Waals surface area contributed by atoms with E-state index in [0.29, 0.717) is 12.0 Å². The molecule has 1 aliphatic rings. The Morgan fingerprint density at radius 1 is 1.80 bits per heavy atom. The summed E-state index contributed by atoms with van der Waals surface area (Å²) in [5, 5.41) is 9.20. The van der Waals surface area contributed by atoms with Gasteiger partial charge in [0, 0.05) is 5.57 Å². The SMILES string of the molecule is CC(=O)C1=CC=CCC1O. The summed E-state index contributed by atoms with van der Waals surface area (Å²) < 4.78 is 0. The molecule has 54 valence electrons. The van der Waals surface area contributed by atoms with Gasteiger partial charge in [0.1, 0.15) is 0 Å². The van der Waals surface area contributed by atoms with E-state index in [1.807, 2.05) is 6.08 Å². The van der Waals surface area contributed by atoms with Crippen molar-refractivity contribution in [2.24, 2.45) is 0 Å². The van der Waals surface area contributed by atoms with Gasteiger partial charge in [-0.3, -0.25) is 4.79 Å². The molecule has 1 aliphatic carbocycles. The summed E-state index contributed by atoms with van der Waals surface area (Å²) in [4.78, 5) is 10.7. The Morgan fingerprint density at radius 3 is 2.90 bits per heavy atom. The first-order valence-corrected chi connectivity index (χ1v) is 3.27. The molecule has 1 unspecified atom stereocenters. The summed E-state index contributed by atoms with van der Waals surface area (Å²) in [6, 6.07) is 0. The Kier molecular flexibility index (Phi) is 2.02. The molecular formula is C8H10O2. The molecule has 0 amide bonds. The Morgan fingerprint density at radius 2 is 2.50 bits per heavy atom. The van der Waals surface area contributed by atoms with E-state index in [1.165, 1.54) is 6.92 Å². The highest BCUT2D eigenvalue weighted by Crippen LogP contribution is 2.12. The maximum absolute atomic E-state index is 10.7. The van der Waals surface area contributed by atoms with Crippen LogP contribution < -0.4 is 0 Å². The van der Waals surface area contributed by atoms with Crippen LogP contribution in [0.15, 0.2) is 23.8 Å². The van der Waals surface area contributed by atoms with Gasteiger partial charge in [-0.25, -0.2) is 0 Å². The summed E-state index contributed by atoms with van der Waals surface area (Å²) in [5.74, 6) is -0.0446. The van der Waals surface area contributed by atoms with Crippen molar-refractivity contribution >= 4 is 5.78 Å². The van der Waals surface area contributed by atoms with Gasteiger partial charge in [0.15, 0.2) is 5.78 Å². The van der Waals surface area contributed by atoms with Gasteiger partial charge in [-0.2, -0.15) is 0 Å². The average Bonchev–Trinajstić information content (AvgIpc) is 1.88. The largest absolute Gasteiger partial charge is 0.388 e. The standard InChI is InChI=1S/C8H10O2/c1-6(9)7-4-2-3-5-8(7)10/h2-4,8,10H,5H2,1H3. The third-order valence-electron chi connectivity index (χ3n) is 1.54. The molecule has 0 saturated carbocycles. The van der Waals surface area contributed by atoms with Crippen molar-refractivity contribution in [3.05, 3.63) is 23.8 Å². The van der Waals surface area contributed by atoms with Gasteiger partial charge < -0.3 is 5.11 Å². The Bertz CT molecular complexity index is 201. The Labute approximate surface area is 59.9 Å². The minimum absolute atomic E-state index is 0.0446. The Balaban J connectivity index is 2.80. The lowest BCUT2D eigenvalue weighted by Gasteiger charge is -2.12. The number of aliphatic hydroxyl groups is 1. The molecule has 0 aromatic rings. The maximum atomic E-state index is 10.7. The van der Waals surface area contributed by atoms with Crippen LogP contribution in [0.4, 0.5) is 0 Å². The highest BCUT2D eigenvalue weighted by Gasteiger charge is 2.14. The highest BCUT2D eigenvalue weighted by atomic mass is 16.3. The van der Waals surface area contributed by atoms with Crippen LogP contribution in [0.3, 0.4) is 0 Å². The van der Waals surface area contributed by atoms with Crippen LogP contribution in [0.2, 0.25) is 0 Å². The van der Waals surface area contributed by atoms with Gasteiger partial charge in [-0.15, -0.1) is 0 Å². The molecule has 10 heavy (non-hydrogen) atoms. The zero-order valence-corrected chi connectivity index (χ0v) is 5.87. The third kappa shape index (κ3) is 1.33. The molecule has 0 heterocycles. The first kappa shape index (κ1) is 7.22. The predicted molar refractivity (Wildman–Crippen MR) is 38.5 cm³/mol. The lowest BCUT2D eigenvalue weighted by Crippen LogP contribution is -2.16. The number of Topliss-reactive ketones (excluding diaryl/α,β-unsaturated/α-hetero) is 1. The molecule has 0 radical (unpaired) electrons. The van der Waals surface area contributed by atoms with Crippen LogP contribution in [0.1, 0.15) is 13.3 Å². The molecule has 1 rings (SSSR count). The van der Waals surface area contributed by atoms with E-state index in [-0.39, 0.29) is 5.78 Å². The molecule has 0 aromatic heterocycles. The average molecular weight is 138 g/mol. The van der Waals surface area contributed by atoms with Crippen molar-refractivity contribution in [2.45, 2.75) is 19.4 Å². The van der Waals surface area contributed by atoms with E-state index < -0.39 is 6.10 Å². The lowest BCUT2D eigenvalue weighted by molar-refractivity contribution is -0.114. The predicted octanol–water partition coefficient (Wildman–Crippen LogP) is 0.823. The number of allylic oxidation sites excluding steroid dienone is 2. The number of carbonyl (C=O) groups excluding carboxylic acids is 1. The molecular weight excluding hydrogens is 128 g/mol. The molecule has 0 aliphatic heterocycles. The quantitative estimate of drug-likeness (QED) is 0.582. The van der Waals surface area contributed by atoms with Crippen molar-refractivity contribution in [3.63, 3.8) is 0 Å². The van der Waals surface area contributed by atoms with Crippen LogP contribution in [-0.2, 0) is 4.79 Å². The minimum Gasteiger partial charge on any atom is -0.388 e. The summed E-state index contributed by atoms with van der Waals surface area (Å²) in [7, 11) is 0. The van der Waals surface area contributed by atoms with E-state index >= 15 is 0 Å². The summed E-state index contributed by atoms with van der Waals surface area (Å²) >= 11 is 0. The summed E-state index contributed by atoms with van der Waals surface area (Å²) in [6.07, 6.45) is 5.28. The molecule has 0 aromatic carbocycles. The molecule has 0 spiro atoms. The smallest absolute Gasteiger partial charge is 0.158 e. The normalized spacial score (nSPS) is 24.2. The van der Waals surface area contributed by atoms with Gasteiger partial charge in [0.25, 0.3) is 0 Å². The van der Waals surface area contributed by atoms with Crippen molar-refractivity contribution < 1.29 is 9.90 Å². The molecule has 0 bridgehead atoms. The fraction of sp³-hybridized carbons (Fsp3) is 0.375. The van der Waals surface area contributed by atoms with Crippen LogP contribution in [0, 0.1) is 0 Å². The summed E-state index contributed by atoms with van der Waals surface area (Å²) in [5.41, 5.74) is 0.516. The number of rotatable bonds is 1. The zero-order valence-electron chi connectivity index (χ0n) is 5.87. The summed E-state index contributed by atoms with van der Waals surface area (Å²) in [6.45, 7) is 1.47. The zero-order chi connectivity index (χ0) is 7.56. The Hall–Kier alpha value is -0.890. The van der Waals surface area contributed by atoms with E-state index in [0.717, 1.165) is 0 Å². The second kappa shape index (κ2) is 2.80. The number of carbonyl (C=O) groups is 1. The monoisotopic (exact) mass is 138 g/mol. The van der Waals surface area contributed by atoms with Crippen LogP contribution in [0.25, 0.3) is 0 Å². The molecule has 2 heteroatoms. The van der Waals surface area contributed by atoms with Gasteiger partial charge in [0.2, 0.25) is 0 Å². The van der Waals surface area contributed by atoms with Crippen molar-refractivity contribution in [1.29, 1.82) is 0 Å². The van der Waals surface area contributed by atoms with Gasteiger partial charge in [-0.1, -0.05) is 18.2 Å². The van der Waals surface area contributed by atoms with E-state index in [9.17, 15) is 9.90 Å². The van der Waals surface area contributed by atoms with Gasteiger partial charge in [0.05, 0.1) is 6.10 Å². The van der Waals surface area contributed by atoms with Crippen LogP contribution >= 0.6 is 0 Å². The van der Waals surface area contributed by atoms with Crippen molar-refractivity contribution in [2.75, 3.05) is 0 Å². The van der Waals surface area contributed by atoms with E-state index in [2.05, 4.69) is 0 Å². The number of hydrogen-bond donors (Lipinski definition) is 1. The third-order valence-corrected chi connectivity index (χ3v) is 1.54. The van der Waals surface area contributed by atoms with E-state index in [4.69, 9.17) is 0 Å². The second-order valence-corrected chi connectivity index (χ2v) is 2.36. The number of ketones is 1. The minimum atomic E-state index is -0.581. The first-order chi connectivity index (χ1) is 4.72. The van der Waals surface area contributed by atoms with Gasteiger partial charge >= 0.3 is 0 Å².